The van der Waals surface area contributed by atoms with Crippen LogP contribution in [-0.2, 0) is 47.7 Å². The summed E-state index contributed by atoms with van der Waals surface area (Å²) in [7, 11) is 1.72. The van der Waals surface area contributed by atoms with Crippen LogP contribution in [-0.4, -0.2) is 301 Å². The number of likely N-dealkylation sites (N-methyl/N-ethyl adjacent to an activating group) is 1. The average molecular weight is 1550 g/mol. The van der Waals surface area contributed by atoms with Gasteiger partial charge < -0.3 is 58.3 Å². The topological polar surface area (TPSA) is 220 Å². The smallest absolute Gasteiger partial charge is 0.549 e. The standard InChI is InChI=1S/C44H57F27N6O13.Gd/c1-26(76-10-8-74(24-29(81)82)6-4-73(23-28(79)80)5-7-75(9-11-76)25-30(83)84)31(85)72(2)22-27(78)77(12-13-87-16-17-89-20-21-90-19-18-88-15-14-86-3)44(70,71)42(65,66)40(61,62)38(57,58)36(53,54)34(49,50)32(45,46)33(47,48)35(51,52)37(55,56)39(59,60)41(63,64)43(67,68)69;/h26H,4-25H2,1-3H3,(H,79,80)(H,81,82)(H,83,84);/q;+3/p-3. The van der Waals surface area contributed by atoms with Crippen molar-refractivity contribution in [2.45, 2.75) is 90.3 Å². The Balaban J connectivity index is 0.0000810. The monoisotopic (exact) mass is 1550 g/mol. The maximum absolute atomic E-state index is 16.0. The fourth-order valence-corrected chi connectivity index (χ4v) is 7.60. The molecule has 535 valence electrons. The first-order chi connectivity index (χ1) is 40.5. The predicted octanol–water partition coefficient (Wildman–Crippen LogP) is 1.99. The number of carbonyl (C=O) groups excluding carboxylic acids is 5. The number of hydrogen-bond donors (Lipinski definition) is 0. The molecule has 1 aliphatic rings. The first-order valence-electron chi connectivity index (χ1n) is 25.0. The number of methoxy groups -OCH3 is 1. The van der Waals surface area contributed by atoms with Gasteiger partial charge in [0.15, 0.2) is 0 Å². The number of nitrogens with zero attached hydrogens (tertiary/aromatic N) is 6. The molecule has 0 spiro atoms. The van der Waals surface area contributed by atoms with Crippen LogP contribution in [0.15, 0.2) is 0 Å². The second-order valence-corrected chi connectivity index (χ2v) is 19.2. The second kappa shape index (κ2) is 33.4. The fraction of sp³-hybridized carbons (Fsp3) is 0.886. The zero-order valence-electron chi connectivity index (χ0n) is 46.7. The minimum atomic E-state index is -10.0. The molecule has 19 nitrogen and oxygen atoms in total. The largest absolute Gasteiger partial charge is 3.00 e. The molecule has 1 unspecified atom stereocenters. The Morgan fingerprint density at radius 2 is 0.659 bits per heavy atom. The molecule has 0 bridgehead atoms. The van der Waals surface area contributed by atoms with Crippen molar-refractivity contribution in [3.63, 3.8) is 0 Å². The van der Waals surface area contributed by atoms with Crippen LogP contribution in [0.3, 0.4) is 0 Å². The van der Waals surface area contributed by atoms with Crippen molar-refractivity contribution in [3.05, 3.63) is 0 Å². The average Bonchev–Trinajstić information content (AvgIpc) is 0.688. The third kappa shape index (κ3) is 19.3. The first-order valence-corrected chi connectivity index (χ1v) is 25.0. The predicted molar refractivity (Wildman–Crippen MR) is 235 cm³/mol. The number of rotatable bonds is 37. The molecule has 47 heteroatoms. The van der Waals surface area contributed by atoms with Gasteiger partial charge in [-0.25, -0.2) is 0 Å². The van der Waals surface area contributed by atoms with Gasteiger partial charge in [-0.3, -0.25) is 34.1 Å². The summed E-state index contributed by atoms with van der Waals surface area (Å²) in [5, 5.41) is 34.5. The molecule has 0 aromatic heterocycles. The number of hydrogen-bond acceptors (Lipinski definition) is 17. The van der Waals surface area contributed by atoms with Gasteiger partial charge in [0, 0.05) is 92.7 Å². The zero-order valence-corrected chi connectivity index (χ0v) is 49.0. The number of carbonyl (C=O) groups is 5. The Kier molecular flexibility index (Phi) is 32.1. The molecule has 0 saturated carbocycles. The molecule has 0 aromatic carbocycles. The van der Waals surface area contributed by atoms with Crippen molar-refractivity contribution in [1.82, 2.24) is 29.4 Å². The van der Waals surface area contributed by atoms with Crippen LogP contribution in [0, 0.1) is 39.9 Å². The Hall–Kier alpha value is -3.58. The summed E-state index contributed by atoms with van der Waals surface area (Å²) in [5.41, 5.74) is 0. The molecule has 1 heterocycles. The van der Waals surface area contributed by atoms with Crippen LogP contribution >= 0.6 is 0 Å². The van der Waals surface area contributed by atoms with Crippen LogP contribution in [0.25, 0.3) is 0 Å². The maximum Gasteiger partial charge on any atom is 3.00 e. The quantitative estimate of drug-likeness (QED) is 0.0493. The number of ether oxygens (including phenoxy) is 5. The Labute approximate surface area is 527 Å². The molecule has 0 aromatic rings. The van der Waals surface area contributed by atoms with Crippen molar-refractivity contribution in [2.24, 2.45) is 0 Å². The van der Waals surface area contributed by atoms with Gasteiger partial charge >= 0.3 is 117 Å². The normalized spacial score (nSPS) is 17.0. The zero-order chi connectivity index (χ0) is 70.5. The van der Waals surface area contributed by atoms with E-state index in [-0.39, 0.29) is 111 Å². The van der Waals surface area contributed by atoms with Crippen LogP contribution in [0.5, 0.6) is 0 Å². The van der Waals surface area contributed by atoms with Crippen LogP contribution < -0.4 is 15.3 Å². The Morgan fingerprint density at radius 1 is 0.407 bits per heavy atom. The van der Waals surface area contributed by atoms with Gasteiger partial charge in [-0.2, -0.15) is 119 Å². The van der Waals surface area contributed by atoms with E-state index in [0.717, 1.165) is 21.6 Å². The molecule has 1 aliphatic heterocycles. The molecule has 1 rings (SSSR count). The molecule has 0 N–H and O–H groups in total. The molecule has 2 amide bonds. The van der Waals surface area contributed by atoms with Crippen LogP contribution in [0.4, 0.5) is 119 Å². The third-order valence-corrected chi connectivity index (χ3v) is 12.9. The Morgan fingerprint density at radius 3 is 0.934 bits per heavy atom. The minimum absolute atomic E-state index is 0. The van der Waals surface area contributed by atoms with E-state index in [0.29, 0.717) is 7.05 Å². The first kappa shape index (κ1) is 87.4. The Bertz CT molecular complexity index is 2320. The van der Waals surface area contributed by atoms with E-state index in [4.69, 9.17) is 23.7 Å². The number of halogens is 27. The maximum atomic E-state index is 16.0. The molecule has 1 fully saturated rings. The fourth-order valence-electron chi connectivity index (χ4n) is 7.60. The number of carboxylic acid groups (broad SMARTS) is 3. The minimum Gasteiger partial charge on any atom is -0.549 e. The summed E-state index contributed by atoms with van der Waals surface area (Å²) in [4.78, 5) is 63.9. The van der Waals surface area contributed by atoms with E-state index in [1.54, 1.807) is 0 Å². The van der Waals surface area contributed by atoms with Crippen molar-refractivity contribution in [3.8, 4) is 0 Å². The number of carboxylic acids is 3. The number of aliphatic carboxylic acids is 3. The molecular formula is C44H54F27GdN6O13. The summed E-state index contributed by atoms with van der Waals surface area (Å²) in [6.07, 6.45) is -8.36. The summed E-state index contributed by atoms with van der Waals surface area (Å²) in [6.45, 7) is -13.5. The summed E-state index contributed by atoms with van der Waals surface area (Å²) >= 11 is 0. The molecule has 1 saturated heterocycles. The van der Waals surface area contributed by atoms with E-state index in [1.165, 1.54) is 12.0 Å². The number of alkyl halides is 27. The molecule has 0 aliphatic carbocycles. The summed E-state index contributed by atoms with van der Waals surface area (Å²) < 4.78 is 413. The second-order valence-electron chi connectivity index (χ2n) is 19.2. The van der Waals surface area contributed by atoms with Gasteiger partial charge in [-0.15, -0.1) is 0 Å². The van der Waals surface area contributed by atoms with E-state index in [2.05, 4.69) is 0 Å². The van der Waals surface area contributed by atoms with Crippen molar-refractivity contribution in [2.75, 3.05) is 159 Å². The van der Waals surface area contributed by atoms with E-state index in [9.17, 15) is 123 Å². The van der Waals surface area contributed by atoms with E-state index in [1.807, 2.05) is 0 Å². The van der Waals surface area contributed by atoms with Crippen molar-refractivity contribution < 1.29 is 221 Å². The van der Waals surface area contributed by atoms with Crippen molar-refractivity contribution >= 4 is 29.7 Å². The van der Waals surface area contributed by atoms with E-state index < -0.39 is 197 Å². The number of amides is 2. The molecule has 1 atom stereocenters. The van der Waals surface area contributed by atoms with Gasteiger partial charge in [0.25, 0.3) is 0 Å². The van der Waals surface area contributed by atoms with Crippen molar-refractivity contribution in [1.29, 1.82) is 0 Å². The van der Waals surface area contributed by atoms with Crippen LogP contribution in [0.1, 0.15) is 6.92 Å². The van der Waals surface area contributed by atoms with Gasteiger partial charge in [-0.1, -0.05) is 0 Å². The third-order valence-electron chi connectivity index (χ3n) is 12.9. The molecule has 91 heavy (non-hydrogen) atoms. The summed E-state index contributed by atoms with van der Waals surface area (Å²) in [6, 6.07) is -9.66. The van der Waals surface area contributed by atoms with E-state index >= 15 is 35.1 Å². The van der Waals surface area contributed by atoms with Gasteiger partial charge in [-0.05, 0) is 6.92 Å². The van der Waals surface area contributed by atoms with Gasteiger partial charge in [0.05, 0.1) is 90.0 Å². The SMILES string of the molecule is COCCOCCOCCOCCOCCN(C(=O)CN(C)C(=O)C(C)N1CCN(CC(=O)[O-])CCN(CC(=O)[O-])CCN(CC(=O)[O-])CC1)C(F)(F)C(F)(F)C(F)(F)C(F)(F)C(F)(F)C(F)(F)C(F)(F)C(F)(F)C(F)(F)C(F)(F)C(F)(F)C(F)(F)C(F)(F)F.[Gd+3]. The van der Waals surface area contributed by atoms with Gasteiger partial charge in [0.1, 0.15) is 0 Å². The molecular weight excluding hydrogens is 1490 g/mol. The van der Waals surface area contributed by atoms with Crippen LogP contribution in [0.2, 0.25) is 0 Å². The van der Waals surface area contributed by atoms with Gasteiger partial charge in [0.2, 0.25) is 11.8 Å². The molecule has 1 radical (unpaired) electrons. The summed E-state index contributed by atoms with van der Waals surface area (Å²) in [5.74, 6) is -115.